The van der Waals surface area contributed by atoms with Gasteiger partial charge in [0, 0.05) is 18.1 Å². The first kappa shape index (κ1) is 9.37. The number of fused-ring (bicyclic) bond motifs is 1. The molecule has 0 fully saturated rings. The molecule has 0 aliphatic carbocycles. The summed E-state index contributed by atoms with van der Waals surface area (Å²) in [6, 6.07) is 14.7. The fraction of sp³-hybridized carbons (Fsp3) is 0.143. The van der Waals surface area contributed by atoms with Crippen molar-refractivity contribution >= 4 is 34.4 Å². The highest BCUT2D eigenvalue weighted by Gasteiger charge is 2.32. The minimum atomic E-state index is 0.801. The SMILES string of the molecule is Clc1ccc2c(c1)N1CCN2c2ccccc21. The van der Waals surface area contributed by atoms with Crippen LogP contribution in [-0.4, -0.2) is 13.1 Å². The third kappa shape index (κ3) is 1.16. The van der Waals surface area contributed by atoms with Gasteiger partial charge in [-0.15, -0.1) is 0 Å². The number of halogens is 1. The average molecular weight is 243 g/mol. The van der Waals surface area contributed by atoms with Crippen molar-refractivity contribution in [2.45, 2.75) is 0 Å². The van der Waals surface area contributed by atoms with E-state index in [0.29, 0.717) is 0 Å². The summed E-state index contributed by atoms with van der Waals surface area (Å²) >= 11 is 6.10. The Morgan fingerprint density at radius 1 is 0.765 bits per heavy atom. The van der Waals surface area contributed by atoms with E-state index >= 15 is 0 Å². The summed E-state index contributed by atoms with van der Waals surface area (Å²) < 4.78 is 0. The lowest BCUT2D eigenvalue weighted by Gasteiger charge is -2.46. The molecule has 0 spiro atoms. The Morgan fingerprint density at radius 2 is 1.35 bits per heavy atom. The monoisotopic (exact) mass is 242 g/mol. The molecule has 2 bridgehead atoms. The van der Waals surface area contributed by atoms with Crippen molar-refractivity contribution in [3.63, 3.8) is 0 Å². The molecule has 3 aliphatic heterocycles. The van der Waals surface area contributed by atoms with Crippen LogP contribution in [0.2, 0.25) is 5.02 Å². The molecule has 2 nitrogen and oxygen atoms in total. The van der Waals surface area contributed by atoms with Crippen LogP contribution in [0.3, 0.4) is 0 Å². The fourth-order valence-electron chi connectivity index (χ4n) is 2.80. The van der Waals surface area contributed by atoms with Gasteiger partial charge < -0.3 is 9.80 Å². The standard InChI is InChI=1S/C14H11ClN2/c15-10-5-6-13-14(9-10)17-8-7-16(13)11-3-1-2-4-12(11)17/h1-6,9H,7-8H2. The van der Waals surface area contributed by atoms with Crippen molar-refractivity contribution < 1.29 is 0 Å². The van der Waals surface area contributed by atoms with Crippen molar-refractivity contribution in [1.29, 1.82) is 0 Å². The zero-order valence-electron chi connectivity index (χ0n) is 9.23. The minimum Gasteiger partial charge on any atom is -0.336 e. The van der Waals surface area contributed by atoms with E-state index < -0.39 is 0 Å². The predicted molar refractivity (Wildman–Crippen MR) is 71.9 cm³/mol. The van der Waals surface area contributed by atoms with Gasteiger partial charge in [0.1, 0.15) is 0 Å². The van der Waals surface area contributed by atoms with Crippen LogP contribution in [0, 0.1) is 0 Å². The van der Waals surface area contributed by atoms with Crippen molar-refractivity contribution in [2.24, 2.45) is 0 Å². The van der Waals surface area contributed by atoms with Gasteiger partial charge in [-0.05, 0) is 30.3 Å². The Morgan fingerprint density at radius 3 is 2.06 bits per heavy atom. The summed E-state index contributed by atoms with van der Waals surface area (Å²) in [7, 11) is 0. The lowest BCUT2D eigenvalue weighted by Crippen LogP contribution is -2.41. The summed E-state index contributed by atoms with van der Waals surface area (Å²) in [4.78, 5) is 4.73. The highest BCUT2D eigenvalue weighted by atomic mass is 35.5. The lowest BCUT2D eigenvalue weighted by atomic mass is 10.0. The Hall–Kier alpha value is -1.67. The van der Waals surface area contributed by atoms with Crippen LogP contribution in [0.5, 0.6) is 0 Å². The van der Waals surface area contributed by atoms with E-state index in [2.05, 4.69) is 46.2 Å². The molecule has 0 radical (unpaired) electrons. The Bertz CT molecular complexity index is 609. The number of nitrogens with zero attached hydrogens (tertiary/aromatic N) is 2. The van der Waals surface area contributed by atoms with Gasteiger partial charge in [0.25, 0.3) is 0 Å². The third-order valence-corrected chi connectivity index (χ3v) is 3.76. The van der Waals surface area contributed by atoms with E-state index in [4.69, 9.17) is 11.6 Å². The highest BCUT2D eigenvalue weighted by molar-refractivity contribution is 6.31. The molecular formula is C14H11ClN2. The largest absolute Gasteiger partial charge is 0.336 e. The van der Waals surface area contributed by atoms with Crippen molar-refractivity contribution in [1.82, 2.24) is 0 Å². The number of hydrogen-bond donors (Lipinski definition) is 0. The van der Waals surface area contributed by atoms with Crippen LogP contribution in [-0.2, 0) is 0 Å². The summed E-state index contributed by atoms with van der Waals surface area (Å²) in [6.45, 7) is 2.08. The summed E-state index contributed by atoms with van der Waals surface area (Å²) in [5.74, 6) is 0. The number of rotatable bonds is 0. The predicted octanol–water partition coefficient (Wildman–Crippen LogP) is 3.94. The molecule has 0 aromatic heterocycles. The number of anilines is 4. The van der Waals surface area contributed by atoms with Crippen LogP contribution in [0.25, 0.3) is 0 Å². The molecule has 0 atom stereocenters. The quantitative estimate of drug-likeness (QED) is 0.690. The van der Waals surface area contributed by atoms with Crippen LogP contribution in [0.4, 0.5) is 22.7 Å². The van der Waals surface area contributed by atoms with Crippen molar-refractivity contribution in [3.8, 4) is 0 Å². The van der Waals surface area contributed by atoms with Gasteiger partial charge >= 0.3 is 0 Å². The topological polar surface area (TPSA) is 6.48 Å². The first-order valence-corrected chi connectivity index (χ1v) is 6.16. The van der Waals surface area contributed by atoms with Crippen LogP contribution >= 0.6 is 11.6 Å². The maximum atomic E-state index is 6.10. The maximum Gasteiger partial charge on any atom is 0.0668 e. The molecule has 3 heterocycles. The van der Waals surface area contributed by atoms with Gasteiger partial charge in [0.05, 0.1) is 22.7 Å². The van der Waals surface area contributed by atoms with Crippen LogP contribution in [0.15, 0.2) is 42.5 Å². The van der Waals surface area contributed by atoms with Gasteiger partial charge in [0.15, 0.2) is 0 Å². The zero-order valence-corrected chi connectivity index (χ0v) is 9.98. The lowest BCUT2D eigenvalue weighted by molar-refractivity contribution is 0.815. The fourth-order valence-corrected chi connectivity index (χ4v) is 2.97. The smallest absolute Gasteiger partial charge is 0.0668 e. The van der Waals surface area contributed by atoms with Gasteiger partial charge in [0.2, 0.25) is 0 Å². The van der Waals surface area contributed by atoms with Gasteiger partial charge in [-0.2, -0.15) is 0 Å². The van der Waals surface area contributed by atoms with Gasteiger partial charge in [-0.1, -0.05) is 23.7 Å². The summed E-state index contributed by atoms with van der Waals surface area (Å²) in [6.07, 6.45) is 0. The molecule has 0 unspecified atom stereocenters. The van der Waals surface area contributed by atoms with E-state index in [1.165, 1.54) is 22.7 Å². The number of para-hydroxylation sites is 2. The number of hydrogen-bond acceptors (Lipinski definition) is 2. The minimum absolute atomic E-state index is 0.801. The summed E-state index contributed by atoms with van der Waals surface area (Å²) in [5, 5.41) is 0.801. The maximum absolute atomic E-state index is 6.10. The molecule has 3 aliphatic rings. The average Bonchev–Trinajstić information content (AvgIpc) is 2.39. The first-order chi connectivity index (χ1) is 8.34. The Balaban J connectivity index is 2.01. The first-order valence-electron chi connectivity index (χ1n) is 5.78. The second-order valence-corrected chi connectivity index (χ2v) is 4.86. The van der Waals surface area contributed by atoms with E-state index in [9.17, 15) is 0 Å². The van der Waals surface area contributed by atoms with E-state index in [1.54, 1.807) is 0 Å². The molecule has 0 saturated carbocycles. The van der Waals surface area contributed by atoms with E-state index in [-0.39, 0.29) is 0 Å². The van der Waals surface area contributed by atoms with Crippen LogP contribution < -0.4 is 9.80 Å². The normalized spacial score (nSPS) is 15.8. The molecule has 3 heteroatoms. The molecular weight excluding hydrogens is 232 g/mol. The zero-order chi connectivity index (χ0) is 11.4. The van der Waals surface area contributed by atoms with Crippen molar-refractivity contribution in [3.05, 3.63) is 47.5 Å². The van der Waals surface area contributed by atoms with Crippen molar-refractivity contribution in [2.75, 3.05) is 22.9 Å². The van der Waals surface area contributed by atoms with E-state index in [1.807, 2.05) is 6.07 Å². The summed E-state index contributed by atoms with van der Waals surface area (Å²) in [5.41, 5.74) is 5.07. The third-order valence-electron chi connectivity index (χ3n) is 3.53. The number of benzene rings is 2. The second-order valence-electron chi connectivity index (χ2n) is 4.43. The molecule has 84 valence electrons. The molecule has 5 rings (SSSR count). The van der Waals surface area contributed by atoms with Gasteiger partial charge in [-0.3, -0.25) is 0 Å². The van der Waals surface area contributed by atoms with E-state index in [0.717, 1.165) is 18.1 Å². The molecule has 0 amide bonds. The molecule has 17 heavy (non-hydrogen) atoms. The highest BCUT2D eigenvalue weighted by Crippen LogP contribution is 2.50. The molecule has 2 aromatic rings. The van der Waals surface area contributed by atoms with Crippen LogP contribution in [0.1, 0.15) is 0 Å². The molecule has 2 aromatic carbocycles. The second kappa shape index (κ2) is 3.17. The Labute approximate surface area is 105 Å². The Kier molecular flexibility index (Phi) is 1.75. The molecule has 0 N–H and O–H groups in total. The molecule has 0 saturated heterocycles. The van der Waals surface area contributed by atoms with Gasteiger partial charge in [-0.25, -0.2) is 0 Å².